The molecule has 0 atom stereocenters. The SMILES string of the molecule is O=C(c1ccccc1)N1CCc2c(sc3ncn(Cc4ccccc4)c(=O)c23)C1. The van der Waals surface area contributed by atoms with Crippen molar-refractivity contribution in [1.29, 1.82) is 0 Å². The molecule has 2 aromatic carbocycles. The zero-order valence-electron chi connectivity index (χ0n) is 15.7. The van der Waals surface area contributed by atoms with Gasteiger partial charge in [-0.25, -0.2) is 4.98 Å². The molecule has 2 aromatic heterocycles. The molecule has 3 heterocycles. The Morgan fingerprint density at radius 1 is 1.03 bits per heavy atom. The molecule has 0 N–H and O–H groups in total. The number of carbonyl (C=O) groups excluding carboxylic acids is 1. The smallest absolute Gasteiger partial charge is 0.262 e. The maximum atomic E-state index is 13.2. The Bertz CT molecular complexity index is 1250. The highest BCUT2D eigenvalue weighted by atomic mass is 32.1. The van der Waals surface area contributed by atoms with E-state index in [1.807, 2.05) is 65.6 Å². The predicted octanol–water partition coefficient (Wildman–Crippen LogP) is 3.70. The molecule has 0 unspecified atom stereocenters. The van der Waals surface area contributed by atoms with Gasteiger partial charge in [0.2, 0.25) is 0 Å². The van der Waals surface area contributed by atoms with Gasteiger partial charge in [0.05, 0.1) is 24.8 Å². The van der Waals surface area contributed by atoms with E-state index in [0.717, 1.165) is 26.2 Å². The molecule has 4 aromatic rings. The molecule has 5 rings (SSSR count). The molecule has 0 saturated carbocycles. The summed E-state index contributed by atoms with van der Waals surface area (Å²) in [5.74, 6) is 0.0307. The van der Waals surface area contributed by atoms with E-state index in [9.17, 15) is 9.59 Å². The van der Waals surface area contributed by atoms with Crippen LogP contribution in [-0.4, -0.2) is 26.9 Å². The lowest BCUT2D eigenvalue weighted by atomic mass is 10.0. The second-order valence-corrected chi connectivity index (χ2v) is 8.27. The molecule has 1 aliphatic rings. The van der Waals surface area contributed by atoms with E-state index in [0.29, 0.717) is 31.6 Å². The van der Waals surface area contributed by atoms with Crippen molar-refractivity contribution < 1.29 is 4.79 Å². The van der Waals surface area contributed by atoms with E-state index >= 15 is 0 Å². The standard InChI is InChI=1S/C23H19N3O2S/c27-22(17-9-5-2-6-10-17)25-12-11-18-19(14-25)29-21-20(18)23(28)26(15-24-21)13-16-7-3-1-4-8-16/h1-10,15H,11-14H2. The van der Waals surface area contributed by atoms with Gasteiger partial charge >= 0.3 is 0 Å². The summed E-state index contributed by atoms with van der Waals surface area (Å²) < 4.78 is 1.67. The highest BCUT2D eigenvalue weighted by Gasteiger charge is 2.26. The predicted molar refractivity (Wildman–Crippen MR) is 114 cm³/mol. The molecule has 5 nitrogen and oxygen atoms in total. The van der Waals surface area contributed by atoms with Crippen molar-refractivity contribution in [1.82, 2.24) is 14.5 Å². The van der Waals surface area contributed by atoms with E-state index in [1.165, 1.54) is 11.3 Å². The van der Waals surface area contributed by atoms with Crippen molar-refractivity contribution in [3.8, 4) is 0 Å². The summed E-state index contributed by atoms with van der Waals surface area (Å²) >= 11 is 1.53. The number of benzene rings is 2. The van der Waals surface area contributed by atoms with Gasteiger partial charge in [-0.1, -0.05) is 48.5 Å². The van der Waals surface area contributed by atoms with Crippen LogP contribution in [0.3, 0.4) is 0 Å². The van der Waals surface area contributed by atoms with Crippen LogP contribution in [0.5, 0.6) is 0 Å². The number of amides is 1. The third kappa shape index (κ3) is 3.25. The molecule has 1 aliphatic heterocycles. The zero-order chi connectivity index (χ0) is 19.8. The lowest BCUT2D eigenvalue weighted by Gasteiger charge is -2.27. The quantitative estimate of drug-likeness (QED) is 0.526. The van der Waals surface area contributed by atoms with Gasteiger partial charge in [0, 0.05) is 17.0 Å². The van der Waals surface area contributed by atoms with E-state index in [-0.39, 0.29) is 11.5 Å². The normalized spacial score (nSPS) is 13.4. The van der Waals surface area contributed by atoms with Crippen molar-refractivity contribution in [2.45, 2.75) is 19.5 Å². The van der Waals surface area contributed by atoms with Gasteiger partial charge in [-0.15, -0.1) is 11.3 Å². The van der Waals surface area contributed by atoms with Crippen molar-refractivity contribution in [3.05, 3.63) is 98.9 Å². The summed E-state index contributed by atoms with van der Waals surface area (Å²) in [6, 6.07) is 19.3. The number of hydrogen-bond donors (Lipinski definition) is 0. The molecule has 0 radical (unpaired) electrons. The Morgan fingerprint density at radius 2 is 1.76 bits per heavy atom. The molecule has 0 fully saturated rings. The topological polar surface area (TPSA) is 55.2 Å². The first-order chi connectivity index (χ1) is 14.2. The van der Waals surface area contributed by atoms with Crippen LogP contribution < -0.4 is 5.56 Å². The van der Waals surface area contributed by atoms with Gasteiger partial charge in [-0.2, -0.15) is 0 Å². The summed E-state index contributed by atoms with van der Waals surface area (Å²) in [6.45, 7) is 1.65. The summed E-state index contributed by atoms with van der Waals surface area (Å²) in [5, 5.41) is 0.718. The van der Waals surface area contributed by atoms with E-state index in [1.54, 1.807) is 10.9 Å². The molecule has 6 heteroatoms. The van der Waals surface area contributed by atoms with Gasteiger partial charge in [-0.05, 0) is 29.7 Å². The van der Waals surface area contributed by atoms with Gasteiger partial charge in [0.25, 0.3) is 11.5 Å². The Balaban J connectivity index is 1.48. The fourth-order valence-corrected chi connectivity index (χ4v) is 5.04. The number of nitrogens with zero attached hydrogens (tertiary/aromatic N) is 3. The number of carbonyl (C=O) groups is 1. The number of hydrogen-bond acceptors (Lipinski definition) is 4. The minimum absolute atomic E-state index is 0.000751. The number of fused-ring (bicyclic) bond motifs is 3. The third-order valence-electron chi connectivity index (χ3n) is 5.33. The zero-order valence-corrected chi connectivity index (χ0v) is 16.6. The summed E-state index contributed by atoms with van der Waals surface area (Å²) in [4.78, 5) is 34.2. The van der Waals surface area contributed by atoms with E-state index in [2.05, 4.69) is 4.98 Å². The first-order valence-electron chi connectivity index (χ1n) is 9.58. The highest BCUT2D eigenvalue weighted by Crippen LogP contribution is 2.32. The minimum atomic E-state index is -0.000751. The lowest BCUT2D eigenvalue weighted by Crippen LogP contribution is -2.35. The average molecular weight is 401 g/mol. The minimum Gasteiger partial charge on any atom is -0.333 e. The Kier molecular flexibility index (Phi) is 4.48. The van der Waals surface area contributed by atoms with Gasteiger partial charge < -0.3 is 4.90 Å². The van der Waals surface area contributed by atoms with Crippen molar-refractivity contribution in [3.63, 3.8) is 0 Å². The van der Waals surface area contributed by atoms with Crippen molar-refractivity contribution in [2.24, 2.45) is 0 Å². The molecule has 0 saturated heterocycles. The summed E-state index contributed by atoms with van der Waals surface area (Å²) in [6.07, 6.45) is 2.31. The third-order valence-corrected chi connectivity index (χ3v) is 6.46. The number of aromatic nitrogens is 2. The van der Waals surface area contributed by atoms with Crippen molar-refractivity contribution >= 4 is 27.5 Å². The summed E-state index contributed by atoms with van der Waals surface area (Å²) in [7, 11) is 0. The second-order valence-electron chi connectivity index (χ2n) is 7.19. The average Bonchev–Trinajstić information content (AvgIpc) is 3.15. The first-order valence-corrected chi connectivity index (χ1v) is 10.4. The molecule has 29 heavy (non-hydrogen) atoms. The molecule has 0 spiro atoms. The maximum absolute atomic E-state index is 13.2. The maximum Gasteiger partial charge on any atom is 0.262 e. The molecule has 1 amide bonds. The Hall–Kier alpha value is -3.25. The fourth-order valence-electron chi connectivity index (χ4n) is 3.85. The Labute approximate surface area is 171 Å². The van der Waals surface area contributed by atoms with Crippen LogP contribution in [0.2, 0.25) is 0 Å². The van der Waals surface area contributed by atoms with E-state index in [4.69, 9.17) is 0 Å². The largest absolute Gasteiger partial charge is 0.333 e. The van der Waals surface area contributed by atoms with Crippen LogP contribution in [0.4, 0.5) is 0 Å². The van der Waals surface area contributed by atoms with Crippen molar-refractivity contribution in [2.75, 3.05) is 6.54 Å². The molecule has 0 aliphatic carbocycles. The molecular formula is C23H19N3O2S. The second kappa shape index (κ2) is 7.29. The summed E-state index contributed by atoms with van der Waals surface area (Å²) in [5.41, 5.74) is 2.82. The van der Waals surface area contributed by atoms with Crippen LogP contribution in [0.1, 0.15) is 26.4 Å². The van der Waals surface area contributed by atoms with Crippen LogP contribution in [0.25, 0.3) is 10.2 Å². The molecule has 0 bridgehead atoms. The van der Waals surface area contributed by atoms with Gasteiger partial charge in [0.1, 0.15) is 4.83 Å². The highest BCUT2D eigenvalue weighted by molar-refractivity contribution is 7.18. The Morgan fingerprint density at radius 3 is 2.52 bits per heavy atom. The lowest BCUT2D eigenvalue weighted by molar-refractivity contribution is 0.0737. The van der Waals surface area contributed by atoms with Gasteiger partial charge in [0.15, 0.2) is 0 Å². The fraction of sp³-hybridized carbons (Fsp3) is 0.174. The number of rotatable bonds is 3. The van der Waals surface area contributed by atoms with Crippen LogP contribution in [-0.2, 0) is 19.5 Å². The van der Waals surface area contributed by atoms with Crippen LogP contribution >= 0.6 is 11.3 Å². The first kappa shape index (κ1) is 17.8. The van der Waals surface area contributed by atoms with E-state index < -0.39 is 0 Å². The molecule has 144 valence electrons. The van der Waals surface area contributed by atoms with Gasteiger partial charge in [-0.3, -0.25) is 14.2 Å². The molecular weight excluding hydrogens is 382 g/mol. The monoisotopic (exact) mass is 401 g/mol. The van der Waals surface area contributed by atoms with Crippen LogP contribution in [0.15, 0.2) is 71.8 Å². The number of thiophene rings is 1. The van der Waals surface area contributed by atoms with Crippen LogP contribution in [0, 0.1) is 0 Å².